The van der Waals surface area contributed by atoms with Crippen LogP contribution in [0.5, 0.6) is 0 Å². The second-order valence-electron chi connectivity index (χ2n) is 8.44. The maximum Gasteiger partial charge on any atom is 0.0703 e. The molecule has 0 unspecified atom stereocenters. The van der Waals surface area contributed by atoms with E-state index in [-0.39, 0.29) is 6.10 Å². The van der Waals surface area contributed by atoms with E-state index in [0.717, 1.165) is 0 Å². The van der Waals surface area contributed by atoms with E-state index in [1.54, 1.807) is 0 Å². The van der Waals surface area contributed by atoms with Crippen molar-refractivity contribution in [1.82, 2.24) is 0 Å². The molecule has 0 aromatic rings. The lowest BCUT2D eigenvalue weighted by molar-refractivity contribution is -0.0292. The summed E-state index contributed by atoms with van der Waals surface area (Å²) in [4.78, 5) is 0. The summed E-state index contributed by atoms with van der Waals surface area (Å²) in [7, 11) is 0. The van der Waals surface area contributed by atoms with Crippen molar-refractivity contribution in [2.24, 2.45) is 5.73 Å². The van der Waals surface area contributed by atoms with Gasteiger partial charge in [0.05, 0.1) is 158 Å². The van der Waals surface area contributed by atoms with Crippen LogP contribution in [0.4, 0.5) is 0 Å². The molecule has 0 spiro atoms. The molecule has 2 N–H and O–H groups in total. The van der Waals surface area contributed by atoms with E-state index in [1.807, 2.05) is 13.8 Å². The fourth-order valence-electron chi connectivity index (χ4n) is 2.73. The predicted molar refractivity (Wildman–Crippen MR) is 149 cm³/mol. The molecular formula is C27H57NO12. The molecule has 0 saturated heterocycles. The Hall–Kier alpha value is -0.520. The molecule has 0 aromatic carbocycles. The van der Waals surface area contributed by atoms with Crippen LogP contribution in [-0.2, 0) is 56.8 Å². The van der Waals surface area contributed by atoms with Gasteiger partial charge in [-0.05, 0) is 13.8 Å². The summed E-state index contributed by atoms with van der Waals surface area (Å²) in [6.45, 7) is 16.9. The molecule has 13 nitrogen and oxygen atoms in total. The number of rotatable bonds is 36. The van der Waals surface area contributed by atoms with Gasteiger partial charge in [-0.3, -0.25) is 0 Å². The second kappa shape index (κ2) is 36.5. The largest absolute Gasteiger partial charge is 0.378 e. The van der Waals surface area contributed by atoms with Crippen molar-refractivity contribution >= 4 is 0 Å². The van der Waals surface area contributed by atoms with Crippen LogP contribution in [0.2, 0.25) is 0 Å². The topological polar surface area (TPSA) is 137 Å². The van der Waals surface area contributed by atoms with Gasteiger partial charge < -0.3 is 62.6 Å². The zero-order chi connectivity index (χ0) is 29.0. The highest BCUT2D eigenvalue weighted by atomic mass is 16.6. The van der Waals surface area contributed by atoms with E-state index in [1.165, 1.54) is 0 Å². The van der Waals surface area contributed by atoms with Crippen LogP contribution >= 0.6 is 0 Å². The molecule has 0 bridgehead atoms. The molecule has 242 valence electrons. The van der Waals surface area contributed by atoms with E-state index in [9.17, 15) is 0 Å². The fraction of sp³-hybridized carbons (Fsp3) is 1.00. The minimum Gasteiger partial charge on any atom is -0.378 e. The molecule has 0 amide bonds. The number of ether oxygens (including phenoxy) is 12. The van der Waals surface area contributed by atoms with Gasteiger partial charge in [0.15, 0.2) is 0 Å². The van der Waals surface area contributed by atoms with Crippen LogP contribution in [0.15, 0.2) is 0 Å². The molecule has 0 heterocycles. The summed E-state index contributed by atoms with van der Waals surface area (Å²) in [5, 5.41) is 0. The van der Waals surface area contributed by atoms with Crippen LogP contribution in [0.1, 0.15) is 13.8 Å². The van der Waals surface area contributed by atoms with Crippen molar-refractivity contribution < 1.29 is 56.8 Å². The molecule has 0 aromatic heterocycles. The third-order valence-corrected chi connectivity index (χ3v) is 4.66. The van der Waals surface area contributed by atoms with Gasteiger partial charge in [-0.25, -0.2) is 0 Å². The standard InChI is InChI=1S/C27H57NO12/c1-27(2)40-26-25-39-24-23-38-22-21-37-20-19-36-18-17-35-16-15-34-14-13-33-12-11-32-10-9-31-8-7-30-6-5-29-4-3-28/h27H,3-26,28H2,1-2H3. The fourth-order valence-corrected chi connectivity index (χ4v) is 2.73. The Morgan fingerprint density at radius 2 is 0.475 bits per heavy atom. The summed E-state index contributed by atoms with van der Waals surface area (Å²) in [5.74, 6) is 0. The lowest BCUT2D eigenvalue weighted by atomic mass is 10.5. The third kappa shape index (κ3) is 37.5. The Kier molecular flexibility index (Phi) is 36.0. The van der Waals surface area contributed by atoms with Gasteiger partial charge in [0.1, 0.15) is 0 Å². The quantitative estimate of drug-likeness (QED) is 0.102. The zero-order valence-electron chi connectivity index (χ0n) is 25.0. The molecule has 0 aliphatic rings. The van der Waals surface area contributed by atoms with E-state index in [2.05, 4.69) is 0 Å². The van der Waals surface area contributed by atoms with Crippen molar-refractivity contribution in [3.05, 3.63) is 0 Å². The van der Waals surface area contributed by atoms with Crippen molar-refractivity contribution in [2.45, 2.75) is 20.0 Å². The molecule has 0 radical (unpaired) electrons. The SMILES string of the molecule is CC(C)OCCOCCOCCOCCOCCOCCOCCOCCOCCOCCOCCOCCN. The summed E-state index contributed by atoms with van der Waals surface area (Å²) in [6.07, 6.45) is 0.233. The zero-order valence-corrected chi connectivity index (χ0v) is 25.0. The van der Waals surface area contributed by atoms with Crippen molar-refractivity contribution in [2.75, 3.05) is 159 Å². The van der Waals surface area contributed by atoms with Gasteiger partial charge in [-0.15, -0.1) is 0 Å². The first-order chi connectivity index (χ1) is 19.8. The van der Waals surface area contributed by atoms with Gasteiger partial charge in [0.25, 0.3) is 0 Å². The average Bonchev–Trinajstić information content (AvgIpc) is 2.95. The van der Waals surface area contributed by atoms with Crippen LogP contribution in [-0.4, -0.2) is 165 Å². The molecule has 0 fully saturated rings. The molecule has 13 heteroatoms. The van der Waals surface area contributed by atoms with Gasteiger partial charge in [0.2, 0.25) is 0 Å². The van der Waals surface area contributed by atoms with Crippen LogP contribution < -0.4 is 5.73 Å². The summed E-state index contributed by atoms with van der Waals surface area (Å²) in [5.41, 5.74) is 5.32. The number of hydrogen-bond acceptors (Lipinski definition) is 13. The Labute approximate surface area is 241 Å². The molecule has 0 saturated carbocycles. The molecule has 0 atom stereocenters. The first-order valence-electron chi connectivity index (χ1n) is 14.4. The van der Waals surface area contributed by atoms with E-state index in [4.69, 9.17) is 62.6 Å². The van der Waals surface area contributed by atoms with Gasteiger partial charge in [0, 0.05) is 6.54 Å². The minimum absolute atomic E-state index is 0.233. The van der Waals surface area contributed by atoms with Crippen LogP contribution in [0.25, 0.3) is 0 Å². The average molecular weight is 588 g/mol. The lowest BCUT2D eigenvalue weighted by Gasteiger charge is -2.09. The Morgan fingerprint density at radius 3 is 0.650 bits per heavy atom. The first-order valence-corrected chi connectivity index (χ1v) is 14.4. The van der Waals surface area contributed by atoms with Gasteiger partial charge >= 0.3 is 0 Å². The molecule has 0 aliphatic heterocycles. The molecule has 0 rings (SSSR count). The molecular weight excluding hydrogens is 530 g/mol. The minimum atomic E-state index is 0.233. The Bertz CT molecular complexity index is 452. The molecule has 40 heavy (non-hydrogen) atoms. The monoisotopic (exact) mass is 587 g/mol. The highest BCUT2D eigenvalue weighted by molar-refractivity contribution is 4.40. The number of hydrogen-bond donors (Lipinski definition) is 1. The van der Waals surface area contributed by atoms with Gasteiger partial charge in [-0.2, -0.15) is 0 Å². The Morgan fingerprint density at radius 1 is 0.300 bits per heavy atom. The van der Waals surface area contributed by atoms with E-state index < -0.39 is 0 Å². The third-order valence-electron chi connectivity index (χ3n) is 4.66. The molecule has 0 aliphatic carbocycles. The normalized spacial score (nSPS) is 11.7. The Balaban J connectivity index is 3.02. The summed E-state index contributed by atoms with van der Waals surface area (Å²) >= 11 is 0. The summed E-state index contributed by atoms with van der Waals surface area (Å²) in [6, 6.07) is 0. The first kappa shape index (κ1) is 39.5. The predicted octanol–water partition coefficient (Wildman–Crippen LogP) is 0.553. The van der Waals surface area contributed by atoms with Crippen molar-refractivity contribution in [3.8, 4) is 0 Å². The summed E-state index contributed by atoms with van der Waals surface area (Å²) < 4.78 is 64.9. The van der Waals surface area contributed by atoms with Crippen LogP contribution in [0, 0.1) is 0 Å². The van der Waals surface area contributed by atoms with E-state index >= 15 is 0 Å². The highest BCUT2D eigenvalue weighted by Gasteiger charge is 1.97. The van der Waals surface area contributed by atoms with Crippen molar-refractivity contribution in [3.63, 3.8) is 0 Å². The van der Waals surface area contributed by atoms with E-state index in [0.29, 0.717) is 159 Å². The maximum absolute atomic E-state index is 5.46. The van der Waals surface area contributed by atoms with Gasteiger partial charge in [-0.1, -0.05) is 0 Å². The lowest BCUT2D eigenvalue weighted by Crippen LogP contribution is -2.16. The smallest absolute Gasteiger partial charge is 0.0703 e. The number of nitrogens with two attached hydrogens (primary N) is 1. The van der Waals surface area contributed by atoms with Crippen molar-refractivity contribution in [1.29, 1.82) is 0 Å². The van der Waals surface area contributed by atoms with Crippen LogP contribution in [0.3, 0.4) is 0 Å². The maximum atomic E-state index is 5.46. The second-order valence-corrected chi connectivity index (χ2v) is 8.44. The highest BCUT2D eigenvalue weighted by Crippen LogP contribution is 1.89.